The highest BCUT2D eigenvalue weighted by atomic mass is 16.5. The van der Waals surface area contributed by atoms with E-state index < -0.39 is 0 Å². The smallest absolute Gasteiger partial charge is 0.0713 e. The predicted molar refractivity (Wildman–Crippen MR) is 82.8 cm³/mol. The van der Waals surface area contributed by atoms with Gasteiger partial charge in [-0.1, -0.05) is 38.1 Å². The number of nitrogens with one attached hydrogen (secondary N) is 1. The molecule has 1 atom stereocenters. The molecule has 0 spiro atoms. The molecule has 20 heavy (non-hydrogen) atoms. The molecule has 0 bridgehead atoms. The molecule has 0 amide bonds. The first kappa shape index (κ1) is 17.1. The van der Waals surface area contributed by atoms with E-state index in [4.69, 9.17) is 4.74 Å². The van der Waals surface area contributed by atoms with Gasteiger partial charge in [-0.2, -0.15) is 0 Å². The molecule has 0 aliphatic carbocycles. The summed E-state index contributed by atoms with van der Waals surface area (Å²) in [5, 5.41) is 13.0. The van der Waals surface area contributed by atoms with Crippen LogP contribution in [0.5, 0.6) is 0 Å². The second kappa shape index (κ2) is 9.88. The molecule has 0 aliphatic heterocycles. The van der Waals surface area contributed by atoms with Gasteiger partial charge in [-0.25, -0.2) is 0 Å². The summed E-state index contributed by atoms with van der Waals surface area (Å²) in [5.74, 6) is 0. The van der Waals surface area contributed by atoms with Gasteiger partial charge in [-0.05, 0) is 24.2 Å². The number of hydrogen-bond acceptors (Lipinski definition) is 4. The Hall–Kier alpha value is -0.940. The lowest BCUT2D eigenvalue weighted by Crippen LogP contribution is -2.34. The monoisotopic (exact) mass is 280 g/mol. The normalized spacial score (nSPS) is 12.8. The Morgan fingerprint density at radius 1 is 1.30 bits per heavy atom. The largest absolute Gasteiger partial charge is 0.394 e. The van der Waals surface area contributed by atoms with Crippen molar-refractivity contribution in [1.82, 2.24) is 10.2 Å². The third kappa shape index (κ3) is 5.59. The van der Waals surface area contributed by atoms with E-state index in [1.165, 1.54) is 0 Å². The Morgan fingerprint density at radius 2 is 2.05 bits per heavy atom. The average molecular weight is 280 g/mol. The summed E-state index contributed by atoms with van der Waals surface area (Å²) >= 11 is 0. The number of nitrogens with zero attached hydrogens (tertiary/aromatic N) is 1. The number of likely N-dealkylation sites (N-methyl/N-ethyl adjacent to an activating group) is 1. The van der Waals surface area contributed by atoms with Gasteiger partial charge < -0.3 is 20.1 Å². The van der Waals surface area contributed by atoms with Gasteiger partial charge in [0.15, 0.2) is 0 Å². The summed E-state index contributed by atoms with van der Waals surface area (Å²) in [5.41, 5.74) is 2.25. The van der Waals surface area contributed by atoms with Crippen molar-refractivity contribution >= 4 is 0 Å². The molecule has 114 valence electrons. The minimum absolute atomic E-state index is 0.0117. The highest BCUT2D eigenvalue weighted by Crippen LogP contribution is 2.14. The van der Waals surface area contributed by atoms with E-state index in [0.717, 1.165) is 37.3 Å². The first-order valence-electron chi connectivity index (χ1n) is 7.39. The Bertz CT molecular complexity index is 367. The fourth-order valence-electron chi connectivity index (χ4n) is 2.29. The minimum Gasteiger partial charge on any atom is -0.394 e. The summed E-state index contributed by atoms with van der Waals surface area (Å²) in [7, 11) is 1.69. The Balaban J connectivity index is 2.54. The fraction of sp³-hybridized carbons (Fsp3) is 0.625. The van der Waals surface area contributed by atoms with Gasteiger partial charge in [0.1, 0.15) is 0 Å². The van der Waals surface area contributed by atoms with E-state index in [1.54, 1.807) is 7.11 Å². The summed E-state index contributed by atoms with van der Waals surface area (Å²) < 4.78 is 5.15. The molecule has 0 aliphatic rings. The van der Waals surface area contributed by atoms with Crippen LogP contribution in [0.25, 0.3) is 0 Å². The summed E-state index contributed by atoms with van der Waals surface area (Å²) in [4.78, 5) is 2.36. The zero-order chi connectivity index (χ0) is 14.8. The van der Waals surface area contributed by atoms with Crippen molar-refractivity contribution in [2.45, 2.75) is 26.5 Å². The minimum atomic E-state index is -0.0117. The van der Waals surface area contributed by atoms with Crippen molar-refractivity contribution in [3.8, 4) is 0 Å². The maximum Gasteiger partial charge on any atom is 0.0713 e. The zero-order valence-electron chi connectivity index (χ0n) is 12.9. The molecule has 0 radical (unpaired) electrons. The molecule has 0 aromatic heterocycles. The maximum atomic E-state index is 9.57. The van der Waals surface area contributed by atoms with Crippen LogP contribution in [0.15, 0.2) is 24.3 Å². The van der Waals surface area contributed by atoms with Crippen LogP contribution in [0.4, 0.5) is 0 Å². The van der Waals surface area contributed by atoms with Crippen LogP contribution < -0.4 is 5.32 Å². The second-order valence-corrected chi connectivity index (χ2v) is 4.89. The van der Waals surface area contributed by atoms with E-state index in [-0.39, 0.29) is 12.6 Å². The van der Waals surface area contributed by atoms with Crippen LogP contribution in [-0.4, -0.2) is 49.9 Å². The van der Waals surface area contributed by atoms with E-state index in [2.05, 4.69) is 30.1 Å². The summed E-state index contributed by atoms with van der Waals surface area (Å²) in [6.07, 6.45) is 0. The van der Waals surface area contributed by atoms with E-state index >= 15 is 0 Å². The molecule has 1 aromatic rings. The standard InChI is InChI=1S/C16H28N2O2/c1-4-18(5-2)10-9-17-16(12-19)15-8-6-7-14(11-15)13-20-3/h6-8,11,16-17,19H,4-5,9-10,12-13H2,1-3H3. The van der Waals surface area contributed by atoms with Crippen molar-refractivity contribution in [3.63, 3.8) is 0 Å². The number of ether oxygens (including phenoxy) is 1. The highest BCUT2D eigenvalue weighted by Gasteiger charge is 2.10. The van der Waals surface area contributed by atoms with Gasteiger partial charge in [0.25, 0.3) is 0 Å². The first-order valence-corrected chi connectivity index (χ1v) is 7.39. The molecular formula is C16H28N2O2. The molecule has 0 heterocycles. The SMILES string of the molecule is CCN(CC)CCNC(CO)c1cccc(COC)c1. The fourth-order valence-corrected chi connectivity index (χ4v) is 2.29. The van der Waals surface area contributed by atoms with Gasteiger partial charge >= 0.3 is 0 Å². The second-order valence-electron chi connectivity index (χ2n) is 4.89. The number of rotatable bonds is 10. The van der Waals surface area contributed by atoms with Crippen LogP contribution in [-0.2, 0) is 11.3 Å². The zero-order valence-corrected chi connectivity index (χ0v) is 12.9. The van der Waals surface area contributed by atoms with Crippen LogP contribution in [0.2, 0.25) is 0 Å². The molecule has 0 fully saturated rings. The molecule has 4 heteroatoms. The number of aliphatic hydroxyl groups excluding tert-OH is 1. The maximum absolute atomic E-state index is 9.57. The van der Waals surface area contributed by atoms with Crippen LogP contribution in [0.1, 0.15) is 31.0 Å². The average Bonchev–Trinajstić information content (AvgIpc) is 2.48. The van der Waals surface area contributed by atoms with E-state index in [1.807, 2.05) is 18.2 Å². The summed E-state index contributed by atoms with van der Waals surface area (Å²) in [6, 6.07) is 8.18. The molecule has 1 aromatic carbocycles. The Labute approximate surface area is 122 Å². The lowest BCUT2D eigenvalue weighted by atomic mass is 10.0. The molecule has 1 unspecified atom stereocenters. The van der Waals surface area contributed by atoms with Crippen molar-refractivity contribution in [3.05, 3.63) is 35.4 Å². The quantitative estimate of drug-likeness (QED) is 0.686. The lowest BCUT2D eigenvalue weighted by molar-refractivity contribution is 0.184. The van der Waals surface area contributed by atoms with Crippen molar-refractivity contribution in [2.75, 3.05) is 39.9 Å². The topological polar surface area (TPSA) is 44.7 Å². The third-order valence-corrected chi connectivity index (χ3v) is 3.56. The Kier molecular flexibility index (Phi) is 8.46. The van der Waals surface area contributed by atoms with E-state index in [9.17, 15) is 5.11 Å². The third-order valence-electron chi connectivity index (χ3n) is 3.56. The van der Waals surface area contributed by atoms with Gasteiger partial charge in [0, 0.05) is 20.2 Å². The number of methoxy groups -OCH3 is 1. The van der Waals surface area contributed by atoms with Crippen LogP contribution in [0.3, 0.4) is 0 Å². The van der Waals surface area contributed by atoms with Crippen LogP contribution in [0, 0.1) is 0 Å². The first-order chi connectivity index (χ1) is 9.74. The number of aliphatic hydroxyl groups is 1. The highest BCUT2D eigenvalue weighted by molar-refractivity contribution is 5.25. The van der Waals surface area contributed by atoms with E-state index in [0.29, 0.717) is 6.61 Å². The number of hydrogen-bond donors (Lipinski definition) is 2. The number of benzene rings is 1. The molecule has 1 rings (SSSR count). The molecular weight excluding hydrogens is 252 g/mol. The van der Waals surface area contributed by atoms with Gasteiger partial charge in [0.05, 0.1) is 19.3 Å². The van der Waals surface area contributed by atoms with Crippen LogP contribution >= 0.6 is 0 Å². The molecule has 0 saturated heterocycles. The summed E-state index contributed by atoms with van der Waals surface area (Å²) in [6.45, 7) is 9.04. The molecule has 4 nitrogen and oxygen atoms in total. The predicted octanol–water partition coefficient (Wildman–Crippen LogP) is 1.80. The lowest BCUT2D eigenvalue weighted by Gasteiger charge is -2.22. The van der Waals surface area contributed by atoms with Gasteiger partial charge in [0.2, 0.25) is 0 Å². The molecule has 0 saturated carbocycles. The van der Waals surface area contributed by atoms with Crippen molar-refractivity contribution in [2.24, 2.45) is 0 Å². The molecule has 2 N–H and O–H groups in total. The van der Waals surface area contributed by atoms with Gasteiger partial charge in [-0.3, -0.25) is 0 Å². The van der Waals surface area contributed by atoms with Gasteiger partial charge in [-0.15, -0.1) is 0 Å². The van der Waals surface area contributed by atoms with Crippen molar-refractivity contribution < 1.29 is 9.84 Å². The van der Waals surface area contributed by atoms with Crippen molar-refractivity contribution in [1.29, 1.82) is 0 Å². The Morgan fingerprint density at radius 3 is 2.65 bits per heavy atom.